The highest BCUT2D eigenvalue weighted by molar-refractivity contribution is 6.30. The first-order valence-electron chi connectivity index (χ1n) is 5.04. The van der Waals surface area contributed by atoms with E-state index in [-0.39, 0.29) is 12.1 Å². The van der Waals surface area contributed by atoms with Crippen LogP contribution in [0.5, 0.6) is 0 Å². The maximum absolute atomic E-state index is 11.4. The first-order valence-corrected chi connectivity index (χ1v) is 5.42. The number of benzene rings is 1. The second-order valence-electron chi connectivity index (χ2n) is 3.42. The summed E-state index contributed by atoms with van der Waals surface area (Å²) >= 11 is 5.78. The van der Waals surface area contributed by atoms with E-state index in [2.05, 4.69) is 17.2 Å². The van der Waals surface area contributed by atoms with Crippen molar-refractivity contribution < 1.29 is 4.79 Å². The van der Waals surface area contributed by atoms with Crippen molar-refractivity contribution in [1.29, 1.82) is 0 Å². The van der Waals surface area contributed by atoms with Crippen molar-refractivity contribution in [2.75, 3.05) is 6.54 Å². The molecule has 0 aliphatic heterocycles. The number of rotatable bonds is 4. The lowest BCUT2D eigenvalue weighted by molar-refractivity contribution is 0.239. The minimum absolute atomic E-state index is 0.0536. The molecule has 0 spiro atoms. The Morgan fingerprint density at radius 1 is 1.50 bits per heavy atom. The summed E-state index contributed by atoms with van der Waals surface area (Å²) in [6.45, 7) is 5.89. The molecule has 0 aliphatic rings. The molecule has 0 bridgehead atoms. The molecule has 3 nitrogen and oxygen atoms in total. The van der Waals surface area contributed by atoms with Gasteiger partial charge in [-0.3, -0.25) is 0 Å². The van der Waals surface area contributed by atoms with Crippen molar-refractivity contribution in [1.82, 2.24) is 10.6 Å². The quantitative estimate of drug-likeness (QED) is 0.779. The van der Waals surface area contributed by atoms with Gasteiger partial charge in [0.05, 0.1) is 6.04 Å². The summed E-state index contributed by atoms with van der Waals surface area (Å²) in [5, 5.41) is 6.15. The monoisotopic (exact) mass is 238 g/mol. The van der Waals surface area contributed by atoms with Crippen LogP contribution in [0.3, 0.4) is 0 Å². The number of amides is 2. The molecule has 1 rings (SSSR count). The van der Waals surface area contributed by atoms with Gasteiger partial charge in [0.25, 0.3) is 0 Å². The molecule has 0 aromatic heterocycles. The minimum atomic E-state index is -0.206. The Labute approximate surface area is 100 Å². The number of hydrogen-bond acceptors (Lipinski definition) is 1. The summed E-state index contributed by atoms with van der Waals surface area (Å²) in [7, 11) is 0. The third-order valence-electron chi connectivity index (χ3n) is 2.12. The topological polar surface area (TPSA) is 41.1 Å². The van der Waals surface area contributed by atoms with Gasteiger partial charge >= 0.3 is 6.03 Å². The van der Waals surface area contributed by atoms with Crippen molar-refractivity contribution in [2.45, 2.75) is 13.0 Å². The standard InChI is InChI=1S/C12H15ClN2O/c1-3-8-14-12(16)15-9(2)10-4-6-11(13)7-5-10/h3-7,9H,1,8H2,2H3,(H2,14,15,16). The van der Waals surface area contributed by atoms with Crippen LogP contribution in [0.4, 0.5) is 4.79 Å². The van der Waals surface area contributed by atoms with Gasteiger partial charge in [0.1, 0.15) is 0 Å². The molecule has 0 saturated heterocycles. The van der Waals surface area contributed by atoms with Gasteiger partial charge in [-0.15, -0.1) is 6.58 Å². The van der Waals surface area contributed by atoms with Gasteiger partial charge < -0.3 is 10.6 Å². The van der Waals surface area contributed by atoms with Gasteiger partial charge in [0.2, 0.25) is 0 Å². The van der Waals surface area contributed by atoms with Crippen LogP contribution in [-0.2, 0) is 0 Å². The van der Waals surface area contributed by atoms with Gasteiger partial charge in [0.15, 0.2) is 0 Å². The van der Waals surface area contributed by atoms with E-state index in [0.717, 1.165) is 5.56 Å². The fourth-order valence-corrected chi connectivity index (χ4v) is 1.37. The number of nitrogens with one attached hydrogen (secondary N) is 2. The third kappa shape index (κ3) is 3.95. The Morgan fingerprint density at radius 3 is 2.69 bits per heavy atom. The zero-order valence-electron chi connectivity index (χ0n) is 9.16. The van der Waals surface area contributed by atoms with E-state index in [1.165, 1.54) is 0 Å². The molecule has 1 aromatic rings. The van der Waals surface area contributed by atoms with Crippen molar-refractivity contribution in [2.24, 2.45) is 0 Å². The van der Waals surface area contributed by atoms with Crippen molar-refractivity contribution in [3.05, 3.63) is 47.5 Å². The van der Waals surface area contributed by atoms with E-state index in [4.69, 9.17) is 11.6 Å². The number of urea groups is 1. The molecular weight excluding hydrogens is 224 g/mol. The molecule has 2 N–H and O–H groups in total. The molecule has 0 radical (unpaired) electrons. The molecule has 0 aliphatic carbocycles. The Hall–Kier alpha value is -1.48. The van der Waals surface area contributed by atoms with Crippen LogP contribution in [0, 0.1) is 0 Å². The molecule has 1 unspecified atom stereocenters. The summed E-state index contributed by atoms with van der Waals surface area (Å²) in [4.78, 5) is 11.4. The molecule has 16 heavy (non-hydrogen) atoms. The van der Waals surface area contributed by atoms with Gasteiger partial charge in [-0.2, -0.15) is 0 Å². The lowest BCUT2D eigenvalue weighted by Gasteiger charge is -2.14. The van der Waals surface area contributed by atoms with E-state index in [9.17, 15) is 4.79 Å². The molecular formula is C12H15ClN2O. The molecule has 0 heterocycles. The Bertz CT molecular complexity index is 362. The van der Waals surface area contributed by atoms with Crippen molar-refractivity contribution >= 4 is 17.6 Å². The van der Waals surface area contributed by atoms with E-state index in [1.54, 1.807) is 18.2 Å². The second kappa shape index (κ2) is 6.18. The summed E-state index contributed by atoms with van der Waals surface area (Å²) in [6, 6.07) is 7.12. The number of carbonyl (C=O) groups is 1. The fraction of sp³-hybridized carbons (Fsp3) is 0.250. The van der Waals surface area contributed by atoms with E-state index in [0.29, 0.717) is 11.6 Å². The Balaban J connectivity index is 2.51. The smallest absolute Gasteiger partial charge is 0.315 e. The average Bonchev–Trinajstić information content (AvgIpc) is 2.27. The third-order valence-corrected chi connectivity index (χ3v) is 2.38. The van der Waals surface area contributed by atoms with Crippen LogP contribution in [0.15, 0.2) is 36.9 Å². The zero-order valence-corrected chi connectivity index (χ0v) is 9.92. The fourth-order valence-electron chi connectivity index (χ4n) is 1.25. The van der Waals surface area contributed by atoms with Gasteiger partial charge in [-0.1, -0.05) is 29.8 Å². The number of halogens is 1. The molecule has 0 saturated carbocycles. The second-order valence-corrected chi connectivity index (χ2v) is 3.85. The van der Waals surface area contributed by atoms with Crippen LogP contribution >= 0.6 is 11.6 Å². The summed E-state index contributed by atoms with van der Waals surface area (Å²) < 4.78 is 0. The maximum atomic E-state index is 11.4. The van der Waals surface area contributed by atoms with E-state index in [1.807, 2.05) is 19.1 Å². The highest BCUT2D eigenvalue weighted by Gasteiger charge is 2.07. The van der Waals surface area contributed by atoms with Crippen molar-refractivity contribution in [3.8, 4) is 0 Å². The van der Waals surface area contributed by atoms with E-state index < -0.39 is 0 Å². The predicted molar refractivity (Wildman–Crippen MR) is 66.6 cm³/mol. The normalized spacial score (nSPS) is 11.6. The molecule has 1 atom stereocenters. The van der Waals surface area contributed by atoms with Crippen LogP contribution in [-0.4, -0.2) is 12.6 Å². The highest BCUT2D eigenvalue weighted by atomic mass is 35.5. The number of carbonyl (C=O) groups excluding carboxylic acids is 1. The maximum Gasteiger partial charge on any atom is 0.315 e. The molecule has 1 aromatic carbocycles. The van der Waals surface area contributed by atoms with Gasteiger partial charge in [-0.25, -0.2) is 4.79 Å². The molecule has 4 heteroatoms. The average molecular weight is 239 g/mol. The largest absolute Gasteiger partial charge is 0.335 e. The lowest BCUT2D eigenvalue weighted by Crippen LogP contribution is -2.36. The van der Waals surface area contributed by atoms with Crippen LogP contribution in [0.25, 0.3) is 0 Å². The molecule has 0 fully saturated rings. The first kappa shape index (κ1) is 12.6. The van der Waals surface area contributed by atoms with Gasteiger partial charge in [0, 0.05) is 11.6 Å². The Kier molecular flexibility index (Phi) is 4.86. The highest BCUT2D eigenvalue weighted by Crippen LogP contribution is 2.15. The van der Waals surface area contributed by atoms with Crippen LogP contribution in [0.1, 0.15) is 18.5 Å². The lowest BCUT2D eigenvalue weighted by atomic mass is 10.1. The Morgan fingerprint density at radius 2 is 2.12 bits per heavy atom. The van der Waals surface area contributed by atoms with Crippen molar-refractivity contribution in [3.63, 3.8) is 0 Å². The zero-order chi connectivity index (χ0) is 12.0. The molecule has 86 valence electrons. The first-order chi connectivity index (χ1) is 7.63. The van der Waals surface area contributed by atoms with Crippen LogP contribution in [0.2, 0.25) is 5.02 Å². The minimum Gasteiger partial charge on any atom is -0.335 e. The van der Waals surface area contributed by atoms with E-state index >= 15 is 0 Å². The summed E-state index contributed by atoms with van der Waals surface area (Å²) in [5.41, 5.74) is 1.01. The summed E-state index contributed by atoms with van der Waals surface area (Å²) in [6.07, 6.45) is 1.63. The van der Waals surface area contributed by atoms with Gasteiger partial charge in [-0.05, 0) is 24.6 Å². The number of hydrogen-bond donors (Lipinski definition) is 2. The van der Waals surface area contributed by atoms with Crippen LogP contribution < -0.4 is 10.6 Å². The SMILES string of the molecule is C=CCNC(=O)NC(C)c1ccc(Cl)cc1. The predicted octanol–water partition coefficient (Wildman–Crippen LogP) is 2.89. The molecule has 2 amide bonds. The summed E-state index contributed by atoms with van der Waals surface area (Å²) in [5.74, 6) is 0.